The van der Waals surface area contributed by atoms with Crippen molar-refractivity contribution < 1.29 is 18.0 Å². The Balaban J connectivity index is 2.08. The van der Waals surface area contributed by atoms with Gasteiger partial charge in [-0.15, -0.1) is 0 Å². The highest BCUT2D eigenvalue weighted by molar-refractivity contribution is 9.10. The summed E-state index contributed by atoms with van der Waals surface area (Å²) in [7, 11) is -2.66. The van der Waals surface area contributed by atoms with Crippen LogP contribution in [-0.2, 0) is 26.2 Å². The van der Waals surface area contributed by atoms with Gasteiger partial charge in [-0.1, -0.05) is 63.4 Å². The number of carbonyl (C=O) groups excluding carboxylic acids is 2. The van der Waals surface area contributed by atoms with Gasteiger partial charge in [0, 0.05) is 23.1 Å². The molecule has 1 atom stereocenters. The van der Waals surface area contributed by atoms with Gasteiger partial charge in [0.2, 0.25) is 11.8 Å². The molecule has 0 bridgehead atoms. The van der Waals surface area contributed by atoms with Gasteiger partial charge in [-0.3, -0.25) is 13.9 Å². The molecule has 0 heterocycles. The minimum absolute atomic E-state index is 0.0446. The zero-order chi connectivity index (χ0) is 27.3. The van der Waals surface area contributed by atoms with Crippen molar-refractivity contribution in [1.29, 1.82) is 0 Å². The average Bonchev–Trinajstić information content (AvgIpc) is 2.86. The maximum absolute atomic E-state index is 13.9. The lowest BCUT2D eigenvalue weighted by molar-refractivity contribution is -0.139. The van der Waals surface area contributed by atoms with Crippen LogP contribution in [0.15, 0.2) is 76.1 Å². The third-order valence-electron chi connectivity index (χ3n) is 5.98. The van der Waals surface area contributed by atoms with Crippen LogP contribution in [0.5, 0.6) is 0 Å². The van der Waals surface area contributed by atoms with E-state index < -0.39 is 28.5 Å². The minimum atomic E-state index is -4.15. The van der Waals surface area contributed by atoms with E-state index in [9.17, 15) is 18.0 Å². The Morgan fingerprint density at radius 2 is 1.70 bits per heavy atom. The molecule has 0 aliphatic rings. The molecule has 3 aromatic rings. The molecular formula is C27H29BrClN3O4S. The Kier molecular flexibility index (Phi) is 9.39. The van der Waals surface area contributed by atoms with Gasteiger partial charge in [-0.25, -0.2) is 8.42 Å². The Hall–Kier alpha value is -2.88. The molecule has 1 N–H and O–H groups in total. The first-order chi connectivity index (χ1) is 17.4. The number of benzene rings is 3. The van der Waals surface area contributed by atoms with Crippen molar-refractivity contribution in [1.82, 2.24) is 10.2 Å². The van der Waals surface area contributed by atoms with E-state index in [1.54, 1.807) is 38.1 Å². The van der Waals surface area contributed by atoms with Crippen LogP contribution in [0.3, 0.4) is 0 Å². The molecule has 196 valence electrons. The average molecular weight is 607 g/mol. The van der Waals surface area contributed by atoms with Crippen molar-refractivity contribution >= 4 is 55.1 Å². The Morgan fingerprint density at radius 1 is 1.03 bits per heavy atom. The van der Waals surface area contributed by atoms with Crippen molar-refractivity contribution in [2.75, 3.05) is 17.9 Å². The van der Waals surface area contributed by atoms with Gasteiger partial charge in [-0.05, 0) is 68.3 Å². The van der Waals surface area contributed by atoms with E-state index >= 15 is 0 Å². The summed E-state index contributed by atoms with van der Waals surface area (Å²) in [6.45, 7) is 4.81. The number of amides is 2. The van der Waals surface area contributed by atoms with Crippen LogP contribution in [0.2, 0.25) is 5.02 Å². The number of hydrogen-bond acceptors (Lipinski definition) is 4. The smallest absolute Gasteiger partial charge is 0.264 e. The molecule has 0 spiro atoms. The van der Waals surface area contributed by atoms with Crippen LogP contribution in [-0.4, -0.2) is 44.8 Å². The van der Waals surface area contributed by atoms with Gasteiger partial charge in [0.1, 0.15) is 12.6 Å². The Labute approximate surface area is 231 Å². The molecule has 0 aliphatic carbocycles. The summed E-state index contributed by atoms with van der Waals surface area (Å²) in [5.74, 6) is -0.902. The molecular weight excluding hydrogens is 578 g/mol. The third-order valence-corrected chi connectivity index (χ3v) is 8.49. The number of rotatable bonds is 9. The van der Waals surface area contributed by atoms with Crippen LogP contribution >= 0.6 is 27.5 Å². The highest BCUT2D eigenvalue weighted by Crippen LogP contribution is 2.30. The number of nitrogens with zero attached hydrogens (tertiary/aromatic N) is 2. The van der Waals surface area contributed by atoms with Crippen molar-refractivity contribution in [3.8, 4) is 0 Å². The lowest BCUT2D eigenvalue weighted by Gasteiger charge is -2.32. The molecule has 3 aromatic carbocycles. The fourth-order valence-electron chi connectivity index (χ4n) is 3.83. The Morgan fingerprint density at radius 3 is 2.32 bits per heavy atom. The van der Waals surface area contributed by atoms with Crippen molar-refractivity contribution in [3.63, 3.8) is 0 Å². The molecule has 3 rings (SSSR count). The van der Waals surface area contributed by atoms with Crippen LogP contribution in [0.4, 0.5) is 5.69 Å². The summed E-state index contributed by atoms with van der Waals surface area (Å²) in [6.07, 6.45) is 0. The number of nitrogens with one attached hydrogen (secondary N) is 1. The number of carbonyl (C=O) groups is 2. The maximum Gasteiger partial charge on any atom is 0.264 e. The molecule has 10 heteroatoms. The van der Waals surface area contributed by atoms with Gasteiger partial charge < -0.3 is 10.2 Å². The molecule has 7 nitrogen and oxygen atoms in total. The van der Waals surface area contributed by atoms with Crippen molar-refractivity contribution in [2.45, 2.75) is 38.3 Å². The fraction of sp³-hybridized carbons (Fsp3) is 0.259. The van der Waals surface area contributed by atoms with E-state index in [0.29, 0.717) is 10.6 Å². The molecule has 0 saturated heterocycles. The van der Waals surface area contributed by atoms with E-state index in [0.717, 1.165) is 19.9 Å². The number of aryl methyl sites for hydroxylation is 2. The summed E-state index contributed by atoms with van der Waals surface area (Å²) < 4.78 is 29.6. The summed E-state index contributed by atoms with van der Waals surface area (Å²) in [5, 5.41) is 2.90. The zero-order valence-electron chi connectivity index (χ0n) is 21.0. The molecule has 2 amide bonds. The zero-order valence-corrected chi connectivity index (χ0v) is 24.2. The van der Waals surface area contributed by atoms with Gasteiger partial charge in [0.25, 0.3) is 10.0 Å². The summed E-state index contributed by atoms with van der Waals surface area (Å²) in [4.78, 5) is 27.8. The van der Waals surface area contributed by atoms with Crippen LogP contribution in [0.1, 0.15) is 23.6 Å². The molecule has 0 aromatic heterocycles. The number of likely N-dealkylation sites (N-methyl/N-ethyl adjacent to an activating group) is 1. The summed E-state index contributed by atoms with van der Waals surface area (Å²) >= 11 is 9.66. The molecule has 0 radical (unpaired) electrons. The standard InChI is InChI=1S/C27H29BrClN3O4S/c1-18-8-12-24(13-9-18)37(35,36)32(25-15-23(29)11-10-19(25)2)17-26(33)31(20(3)27(34)30-4)16-21-6-5-7-22(28)14-21/h5-15,20H,16-17H2,1-4H3,(H,30,34). The highest BCUT2D eigenvalue weighted by atomic mass is 79.9. The maximum atomic E-state index is 13.9. The molecule has 0 saturated carbocycles. The van der Waals surface area contributed by atoms with E-state index in [2.05, 4.69) is 21.2 Å². The predicted octanol–water partition coefficient (Wildman–Crippen LogP) is 5.08. The molecule has 0 aliphatic heterocycles. The van der Waals surface area contributed by atoms with Gasteiger partial charge in [0.15, 0.2) is 0 Å². The van der Waals surface area contributed by atoms with E-state index in [-0.39, 0.29) is 23.0 Å². The molecule has 0 fully saturated rings. The topological polar surface area (TPSA) is 86.8 Å². The van der Waals surface area contributed by atoms with E-state index in [4.69, 9.17) is 11.6 Å². The van der Waals surface area contributed by atoms with Gasteiger partial charge in [-0.2, -0.15) is 0 Å². The van der Waals surface area contributed by atoms with Crippen LogP contribution in [0.25, 0.3) is 0 Å². The van der Waals surface area contributed by atoms with E-state index in [1.807, 2.05) is 31.2 Å². The van der Waals surface area contributed by atoms with Gasteiger partial charge >= 0.3 is 0 Å². The first-order valence-electron chi connectivity index (χ1n) is 11.5. The normalized spacial score (nSPS) is 12.1. The van der Waals surface area contributed by atoms with Crippen molar-refractivity contribution in [2.24, 2.45) is 0 Å². The first kappa shape index (κ1) is 28.7. The second-order valence-corrected chi connectivity index (χ2v) is 11.9. The molecule has 1 unspecified atom stereocenters. The summed E-state index contributed by atoms with van der Waals surface area (Å²) in [6, 6.07) is 17.8. The highest BCUT2D eigenvalue weighted by Gasteiger charge is 2.33. The van der Waals surface area contributed by atoms with Crippen LogP contribution in [0, 0.1) is 13.8 Å². The summed E-state index contributed by atoms with van der Waals surface area (Å²) in [5.41, 5.74) is 2.60. The largest absolute Gasteiger partial charge is 0.357 e. The number of halogens is 2. The Bertz CT molecular complexity index is 1400. The first-order valence-corrected chi connectivity index (χ1v) is 14.2. The minimum Gasteiger partial charge on any atom is -0.357 e. The molecule has 37 heavy (non-hydrogen) atoms. The third kappa shape index (κ3) is 6.91. The number of anilines is 1. The fourth-order valence-corrected chi connectivity index (χ4v) is 5.91. The number of hydrogen-bond donors (Lipinski definition) is 1. The van der Waals surface area contributed by atoms with Crippen molar-refractivity contribution in [3.05, 3.63) is 92.9 Å². The van der Waals surface area contributed by atoms with Gasteiger partial charge in [0.05, 0.1) is 10.6 Å². The lowest BCUT2D eigenvalue weighted by atomic mass is 10.1. The lowest BCUT2D eigenvalue weighted by Crippen LogP contribution is -2.50. The quantitative estimate of drug-likeness (QED) is 0.368. The predicted molar refractivity (Wildman–Crippen MR) is 150 cm³/mol. The monoisotopic (exact) mass is 605 g/mol. The second-order valence-electron chi connectivity index (χ2n) is 8.70. The number of sulfonamides is 1. The van der Waals surface area contributed by atoms with E-state index in [1.165, 1.54) is 30.1 Å². The second kappa shape index (κ2) is 12.1. The van der Waals surface area contributed by atoms with Crippen LogP contribution < -0.4 is 9.62 Å². The SMILES string of the molecule is CNC(=O)C(C)N(Cc1cccc(Br)c1)C(=O)CN(c1cc(Cl)ccc1C)S(=O)(=O)c1ccc(C)cc1.